The number of anilines is 1. The van der Waals surface area contributed by atoms with E-state index < -0.39 is 5.92 Å². The average molecular weight is 390 g/mol. The molecule has 1 fully saturated rings. The van der Waals surface area contributed by atoms with Crippen molar-refractivity contribution in [1.82, 2.24) is 10.6 Å². The summed E-state index contributed by atoms with van der Waals surface area (Å²) in [4.78, 5) is 15.0. The smallest absolute Gasteiger partial charge is 0.317 e. The normalized spacial score (nSPS) is 19.2. The van der Waals surface area contributed by atoms with E-state index in [1.54, 1.807) is 0 Å². The van der Waals surface area contributed by atoms with Crippen molar-refractivity contribution < 1.29 is 9.53 Å². The maximum atomic E-state index is 12.7. The Kier molecular flexibility index (Phi) is 8.10. The molecule has 2 N–H and O–H groups in total. The molecular weight excluding hydrogens is 358 g/mol. The number of hydrogen-bond acceptors (Lipinski definition) is 4. The molecule has 0 unspecified atom stereocenters. The number of carbonyl (C=O) groups excluding carboxylic acids is 1. The second-order valence-electron chi connectivity index (χ2n) is 6.72. The van der Waals surface area contributed by atoms with Crippen LogP contribution < -0.4 is 15.5 Å². The molecule has 0 saturated carbocycles. The van der Waals surface area contributed by atoms with Gasteiger partial charge in [0, 0.05) is 24.5 Å². The van der Waals surface area contributed by atoms with E-state index in [0.29, 0.717) is 17.4 Å². The number of unbranched alkanes of at least 4 members (excludes halogenated alkanes) is 2. The van der Waals surface area contributed by atoms with Gasteiger partial charge in [0.25, 0.3) is 0 Å². The summed E-state index contributed by atoms with van der Waals surface area (Å²) in [6.45, 7) is 12.8. The second-order valence-corrected chi connectivity index (χ2v) is 7.13. The van der Waals surface area contributed by atoms with Crippen LogP contribution in [0.2, 0.25) is 0 Å². The number of rotatable bonds is 9. The molecule has 1 aliphatic rings. The van der Waals surface area contributed by atoms with Gasteiger partial charge in [-0.2, -0.15) is 0 Å². The molecule has 5 nitrogen and oxygen atoms in total. The fourth-order valence-corrected chi connectivity index (χ4v) is 3.59. The van der Waals surface area contributed by atoms with Crippen molar-refractivity contribution in [3.8, 4) is 0 Å². The zero-order chi connectivity index (χ0) is 19.8. The van der Waals surface area contributed by atoms with E-state index in [2.05, 4.69) is 55.0 Å². The zero-order valence-electron chi connectivity index (χ0n) is 16.6. The molecule has 148 valence electrons. The molecule has 0 aliphatic carbocycles. The Hall–Kier alpha value is -2.08. The minimum atomic E-state index is -0.516. The van der Waals surface area contributed by atoms with E-state index in [-0.39, 0.29) is 12.0 Å². The monoisotopic (exact) mass is 389 g/mol. The highest BCUT2D eigenvalue weighted by atomic mass is 32.1. The molecule has 0 amide bonds. The van der Waals surface area contributed by atoms with Crippen molar-refractivity contribution in [1.29, 1.82) is 0 Å². The highest BCUT2D eigenvalue weighted by molar-refractivity contribution is 7.80. The van der Waals surface area contributed by atoms with E-state index in [0.717, 1.165) is 43.6 Å². The lowest BCUT2D eigenvalue weighted by Crippen LogP contribution is -2.51. The number of esters is 1. The number of carbonyl (C=O) groups is 1. The first-order chi connectivity index (χ1) is 13.0. The van der Waals surface area contributed by atoms with Crippen LogP contribution in [-0.2, 0) is 9.53 Å². The van der Waals surface area contributed by atoms with Crippen LogP contribution in [0.3, 0.4) is 0 Å². The number of hydrogen-bond donors (Lipinski definition) is 2. The molecule has 1 saturated heterocycles. The Labute approximate surface area is 168 Å². The van der Waals surface area contributed by atoms with Crippen molar-refractivity contribution in [2.75, 3.05) is 24.6 Å². The third-order valence-corrected chi connectivity index (χ3v) is 5.12. The number of nitrogens with one attached hydrogen (secondary N) is 2. The molecule has 0 bridgehead atoms. The summed E-state index contributed by atoms with van der Waals surface area (Å²) in [5.74, 6) is -0.783. The molecule has 0 radical (unpaired) electrons. The topological polar surface area (TPSA) is 53.6 Å². The summed E-state index contributed by atoms with van der Waals surface area (Å²) < 4.78 is 5.51. The average Bonchev–Trinajstić information content (AvgIpc) is 2.66. The predicted molar refractivity (Wildman–Crippen MR) is 115 cm³/mol. The SMILES string of the molecule is C=C1NC(=S)N[C@@H](c2ccc(N(CC)CC)cc2)[C@H]1C(=O)OCCCCC. The van der Waals surface area contributed by atoms with Gasteiger partial charge < -0.3 is 20.3 Å². The van der Waals surface area contributed by atoms with Crippen LogP contribution in [0.1, 0.15) is 51.6 Å². The quantitative estimate of drug-likeness (QED) is 0.379. The van der Waals surface area contributed by atoms with Gasteiger partial charge in [-0.3, -0.25) is 4.79 Å². The number of nitrogens with zero attached hydrogens (tertiary/aromatic N) is 1. The lowest BCUT2D eigenvalue weighted by molar-refractivity contribution is -0.148. The first kappa shape index (κ1) is 21.2. The molecule has 2 rings (SSSR count). The van der Waals surface area contributed by atoms with E-state index in [4.69, 9.17) is 17.0 Å². The van der Waals surface area contributed by atoms with Crippen LogP contribution in [0.15, 0.2) is 36.5 Å². The van der Waals surface area contributed by atoms with Gasteiger partial charge in [-0.25, -0.2) is 0 Å². The minimum absolute atomic E-state index is 0.267. The van der Waals surface area contributed by atoms with E-state index in [1.165, 1.54) is 0 Å². The zero-order valence-corrected chi connectivity index (χ0v) is 17.4. The van der Waals surface area contributed by atoms with E-state index in [1.807, 2.05) is 12.1 Å². The largest absolute Gasteiger partial charge is 0.465 e. The predicted octanol–water partition coefficient (Wildman–Crippen LogP) is 3.91. The number of benzene rings is 1. The van der Waals surface area contributed by atoms with Crippen molar-refractivity contribution in [3.63, 3.8) is 0 Å². The molecule has 1 heterocycles. The van der Waals surface area contributed by atoms with Crippen molar-refractivity contribution in [2.45, 2.75) is 46.1 Å². The summed E-state index contributed by atoms with van der Waals surface area (Å²) in [5.41, 5.74) is 2.74. The van der Waals surface area contributed by atoms with Gasteiger partial charge >= 0.3 is 5.97 Å². The van der Waals surface area contributed by atoms with Gasteiger partial charge in [0.2, 0.25) is 0 Å². The number of thiocarbonyl (C=S) groups is 1. The Morgan fingerprint density at radius 2 is 1.85 bits per heavy atom. The Balaban J connectivity index is 2.18. The molecule has 27 heavy (non-hydrogen) atoms. The summed E-state index contributed by atoms with van der Waals surface area (Å²) in [5, 5.41) is 6.67. The van der Waals surface area contributed by atoms with Gasteiger partial charge in [-0.05, 0) is 50.2 Å². The highest BCUT2D eigenvalue weighted by Gasteiger charge is 2.37. The van der Waals surface area contributed by atoms with Gasteiger partial charge in [-0.1, -0.05) is 38.5 Å². The van der Waals surface area contributed by atoms with Crippen LogP contribution in [0.5, 0.6) is 0 Å². The number of ether oxygens (including phenoxy) is 1. The van der Waals surface area contributed by atoms with Crippen LogP contribution in [-0.4, -0.2) is 30.8 Å². The van der Waals surface area contributed by atoms with Gasteiger partial charge in [-0.15, -0.1) is 0 Å². The van der Waals surface area contributed by atoms with Crippen LogP contribution in [0.25, 0.3) is 0 Å². The molecule has 1 aliphatic heterocycles. The van der Waals surface area contributed by atoms with Crippen LogP contribution in [0, 0.1) is 5.92 Å². The first-order valence-electron chi connectivity index (χ1n) is 9.79. The lowest BCUT2D eigenvalue weighted by atomic mass is 9.89. The molecule has 0 aromatic heterocycles. The fourth-order valence-electron chi connectivity index (χ4n) is 3.34. The summed E-state index contributed by atoms with van der Waals surface area (Å²) in [6, 6.07) is 7.98. The molecule has 0 spiro atoms. The maximum absolute atomic E-state index is 12.7. The Morgan fingerprint density at radius 1 is 1.19 bits per heavy atom. The van der Waals surface area contributed by atoms with E-state index in [9.17, 15) is 4.79 Å². The van der Waals surface area contributed by atoms with Crippen LogP contribution in [0.4, 0.5) is 5.69 Å². The summed E-state index contributed by atoms with van der Waals surface area (Å²) in [6.07, 6.45) is 3.02. The second kappa shape index (κ2) is 10.3. The summed E-state index contributed by atoms with van der Waals surface area (Å²) >= 11 is 5.28. The third-order valence-electron chi connectivity index (χ3n) is 4.90. The highest BCUT2D eigenvalue weighted by Crippen LogP contribution is 2.31. The van der Waals surface area contributed by atoms with Gasteiger partial charge in [0.15, 0.2) is 5.11 Å². The summed E-state index contributed by atoms with van der Waals surface area (Å²) in [7, 11) is 0. The lowest BCUT2D eigenvalue weighted by Gasteiger charge is -2.35. The molecule has 6 heteroatoms. The molecule has 1 aromatic rings. The van der Waals surface area contributed by atoms with Crippen molar-refractivity contribution in [3.05, 3.63) is 42.1 Å². The van der Waals surface area contributed by atoms with Crippen molar-refractivity contribution in [2.24, 2.45) is 5.92 Å². The standard InChI is InChI=1S/C21H31N3O2S/c1-5-8-9-14-26-20(25)18-15(4)22-21(27)23-19(18)16-10-12-17(13-11-16)24(6-2)7-3/h10-13,18-19H,4-9,14H2,1-3H3,(H2,22,23,27)/t18-,19-/m0/s1. The fraction of sp³-hybridized carbons (Fsp3) is 0.524. The Bertz CT molecular complexity index is 656. The van der Waals surface area contributed by atoms with Gasteiger partial charge in [0.1, 0.15) is 5.92 Å². The minimum Gasteiger partial charge on any atom is -0.465 e. The van der Waals surface area contributed by atoms with E-state index >= 15 is 0 Å². The molecular formula is C21H31N3O2S. The maximum Gasteiger partial charge on any atom is 0.317 e. The van der Waals surface area contributed by atoms with Crippen LogP contribution >= 0.6 is 12.2 Å². The van der Waals surface area contributed by atoms with Gasteiger partial charge in [0.05, 0.1) is 12.6 Å². The molecule has 1 aromatic carbocycles. The first-order valence-corrected chi connectivity index (χ1v) is 10.2. The molecule has 2 atom stereocenters. The third kappa shape index (κ3) is 5.45. The Morgan fingerprint density at radius 3 is 2.44 bits per heavy atom. The van der Waals surface area contributed by atoms with Crippen molar-refractivity contribution >= 4 is 29.0 Å².